The molecular weight excluding hydrogens is 1550 g/mol. The molecule has 0 bridgehead atoms. The fourth-order valence-corrected chi connectivity index (χ4v) is 16.3. The number of nitrogens with zero attached hydrogens (tertiary/aromatic N) is 16. The molecule has 1 fully saturated rings. The summed E-state index contributed by atoms with van der Waals surface area (Å²) >= 11 is 6.38. The Morgan fingerprint density at radius 3 is 1.19 bits per heavy atom. The van der Waals surface area contributed by atoms with Gasteiger partial charge in [-0.05, 0) is 192 Å². The van der Waals surface area contributed by atoms with Crippen LogP contribution in [-0.4, -0.2) is 98.0 Å². The van der Waals surface area contributed by atoms with Crippen LogP contribution in [-0.2, 0) is 0 Å². The Hall–Kier alpha value is -14.9. The lowest BCUT2D eigenvalue weighted by atomic mass is 9.91. The van der Waals surface area contributed by atoms with E-state index in [1.54, 1.807) is 40.5 Å². The zero-order valence-corrected chi connectivity index (χ0v) is 68.5. The topological polar surface area (TPSA) is 354 Å². The highest BCUT2D eigenvalue weighted by atomic mass is 35.5. The summed E-state index contributed by atoms with van der Waals surface area (Å²) in [7, 11) is 0. The Morgan fingerprint density at radius 1 is 0.377 bits per heavy atom. The van der Waals surface area contributed by atoms with Gasteiger partial charge in [-0.3, -0.25) is 32.9 Å². The summed E-state index contributed by atoms with van der Waals surface area (Å²) in [5.41, 5.74) is 16.4. The summed E-state index contributed by atoms with van der Waals surface area (Å²) in [6.07, 6.45) is 16.3. The molecule has 19 aromatic rings. The van der Waals surface area contributed by atoms with Crippen LogP contribution in [0.15, 0.2) is 246 Å². The Kier molecular flexibility index (Phi) is 22.9. The molecule has 122 heavy (non-hydrogen) atoms. The molecule has 0 spiro atoms. The number of aryl methyl sites for hydroxylation is 5. The van der Waals surface area contributed by atoms with E-state index in [0.29, 0.717) is 61.8 Å². The van der Waals surface area contributed by atoms with E-state index in [1.165, 1.54) is 31.7 Å². The SMILES string of the molecule is C.CC(Nc1ncnc2nc[nH]c12)c1cc2cccc(Cl)c2c(=O)n1-c1ccccc1.CCC(Nc1ncnc2nc[nH]c12)c1cc2cccc(C)c2c(=O)n1-c1ccc(C)cc1.Cc1cccc(-n2c(C(C)Nc3ncnc4nc[nH]c34)cc3cccc(C)c3c2=O)c1.Cc1cccc2cc(C(C)Nc3ncnc4nc[nH]c34)n(C3CCC3)c(=O)c12. The number of fused-ring (bicyclic) bond motifs is 8. The number of benzene rings is 7. The van der Waals surface area contributed by atoms with Crippen LogP contribution in [0.5, 0.6) is 0 Å². The number of H-pyrrole nitrogens is 4. The van der Waals surface area contributed by atoms with Gasteiger partial charge in [-0.15, -0.1) is 0 Å². The van der Waals surface area contributed by atoms with Crippen molar-refractivity contribution in [2.24, 2.45) is 0 Å². The van der Waals surface area contributed by atoms with Gasteiger partial charge in [0, 0.05) is 45.9 Å². The van der Waals surface area contributed by atoms with Crippen LogP contribution in [0.2, 0.25) is 5.02 Å². The lowest BCUT2D eigenvalue weighted by molar-refractivity contribution is 0.298. The van der Waals surface area contributed by atoms with Gasteiger partial charge in [0.25, 0.3) is 22.2 Å². The molecule has 0 radical (unpaired) electrons. The number of pyridine rings is 4. The molecular formula is C93H89ClN24O4. The number of anilines is 4. The minimum Gasteiger partial charge on any atom is -0.360 e. The molecule has 12 aromatic heterocycles. The van der Waals surface area contributed by atoms with Crippen molar-refractivity contribution in [1.29, 1.82) is 0 Å². The molecule has 12 heterocycles. The number of imidazole rings is 4. The van der Waals surface area contributed by atoms with Crippen molar-refractivity contribution in [2.75, 3.05) is 21.3 Å². The minimum absolute atomic E-state index is 0. The van der Waals surface area contributed by atoms with Gasteiger partial charge >= 0.3 is 0 Å². The van der Waals surface area contributed by atoms with E-state index >= 15 is 0 Å². The quantitative estimate of drug-likeness (QED) is 0.0420. The summed E-state index contributed by atoms with van der Waals surface area (Å²) in [6.45, 7) is 18.2. The van der Waals surface area contributed by atoms with Crippen molar-refractivity contribution in [3.63, 3.8) is 0 Å². The van der Waals surface area contributed by atoms with Gasteiger partial charge < -0.3 is 45.8 Å². The van der Waals surface area contributed by atoms with Crippen LogP contribution < -0.4 is 43.5 Å². The number of hydrogen-bond acceptors (Lipinski definition) is 20. The monoisotopic (exact) mass is 1640 g/mol. The summed E-state index contributed by atoms with van der Waals surface area (Å²) < 4.78 is 7.31. The fraction of sp³-hybridized carbons (Fsp3) is 0.204. The predicted molar refractivity (Wildman–Crippen MR) is 485 cm³/mol. The van der Waals surface area contributed by atoms with Gasteiger partial charge in [0.2, 0.25) is 0 Å². The van der Waals surface area contributed by atoms with Crippen molar-refractivity contribution in [2.45, 2.75) is 126 Å². The third-order valence-corrected chi connectivity index (χ3v) is 22.6. The molecule has 8 N–H and O–H groups in total. The number of nitrogens with one attached hydrogen (secondary N) is 8. The minimum atomic E-state index is -0.248. The van der Waals surface area contributed by atoms with Crippen LogP contribution in [0, 0.1) is 34.6 Å². The zero-order chi connectivity index (χ0) is 83.7. The molecule has 7 aromatic carbocycles. The standard InChI is InChI=1S/C25H24N6O.C24H22N6O.C22H17ClN6O.C21H22N6O.CH4/c1-4-19(30-24-22-23(27-13-26-22)28-14-29-24)20-12-17-7-5-6-16(3)21(17)25(32)31(20)18-10-8-15(2)9-11-18;1-14-6-4-9-18(10-14)30-19(11-17-8-5-7-15(2)20(17)24(30)31)16(3)29-23-21-22(26-12-25-21)27-13-28-23;1-13(28-21-19-20(25-11-24-19)26-12-27-21)17-10-14-6-5-9-16(23)18(14)22(30)29(17)15-7-3-2-4-8-15;1-12-5-3-6-14-9-16(27(15-7-4-8-15)21(28)17(12)14)13(2)26-20-18-19(23-10-22-18)24-11-25-20;/h5-14,19H,4H2,1-3H3,(H2,26,27,28,29,30);4-13,16H,1-3H3,(H2,25,26,27,28,29);2-13H,1H3,(H2,24,25,26,27,28);3,5-6,9-11,13,15H,4,7-8H2,1-2H3,(H2,22,23,24,25,26);1H4. The lowest BCUT2D eigenvalue weighted by Crippen LogP contribution is -2.33. The van der Waals surface area contributed by atoms with Gasteiger partial charge in [0.15, 0.2) is 45.9 Å². The fourth-order valence-electron chi connectivity index (χ4n) is 16.0. The normalized spacial score (nSPS) is 13.0. The second-order valence-corrected chi connectivity index (χ2v) is 30.7. The zero-order valence-electron chi connectivity index (χ0n) is 67.7. The van der Waals surface area contributed by atoms with E-state index in [2.05, 4.69) is 133 Å². The summed E-state index contributed by atoms with van der Waals surface area (Å²) in [6, 6.07) is 56.8. The Morgan fingerprint density at radius 2 is 0.746 bits per heavy atom. The third kappa shape index (κ3) is 15.7. The Balaban J connectivity index is 0.000000120. The first-order valence-electron chi connectivity index (χ1n) is 40.0. The molecule has 0 saturated heterocycles. The van der Waals surface area contributed by atoms with Crippen molar-refractivity contribution in [1.82, 2.24) is 98.0 Å². The average molecular weight is 1640 g/mol. The van der Waals surface area contributed by atoms with Gasteiger partial charge in [0.1, 0.15) is 47.4 Å². The molecule has 1 saturated carbocycles. The molecule has 0 aliphatic heterocycles. The Bertz CT molecular complexity index is 7370. The Labute approximate surface area is 704 Å². The maximum atomic E-state index is 13.8. The van der Waals surface area contributed by atoms with E-state index in [4.69, 9.17) is 11.6 Å². The predicted octanol–water partition coefficient (Wildman–Crippen LogP) is 18.3. The van der Waals surface area contributed by atoms with Gasteiger partial charge in [-0.25, -0.2) is 59.8 Å². The highest BCUT2D eigenvalue weighted by Crippen LogP contribution is 2.37. The maximum Gasteiger partial charge on any atom is 0.264 e. The molecule has 28 nitrogen and oxygen atoms in total. The maximum absolute atomic E-state index is 13.8. The van der Waals surface area contributed by atoms with Gasteiger partial charge in [0.05, 0.1) is 76.0 Å². The van der Waals surface area contributed by atoms with Crippen molar-refractivity contribution in [3.8, 4) is 17.1 Å². The summed E-state index contributed by atoms with van der Waals surface area (Å²) in [5, 5.41) is 20.7. The second kappa shape index (κ2) is 34.6. The van der Waals surface area contributed by atoms with E-state index in [0.717, 1.165) is 141 Å². The van der Waals surface area contributed by atoms with Gasteiger partial charge in [-0.1, -0.05) is 141 Å². The highest BCUT2D eigenvalue weighted by Gasteiger charge is 2.29. The van der Waals surface area contributed by atoms with Crippen LogP contribution in [0.4, 0.5) is 23.3 Å². The van der Waals surface area contributed by atoms with E-state index in [1.807, 2.05) is 209 Å². The first kappa shape index (κ1) is 80.8. The van der Waals surface area contributed by atoms with E-state index in [-0.39, 0.29) is 59.9 Å². The highest BCUT2D eigenvalue weighted by molar-refractivity contribution is 6.35. The molecule has 4 unspecified atom stereocenters. The number of rotatable bonds is 17. The first-order valence-corrected chi connectivity index (χ1v) is 40.3. The number of hydrogen-bond donors (Lipinski definition) is 8. The van der Waals surface area contributed by atoms with Crippen LogP contribution in [0.3, 0.4) is 0 Å². The molecule has 1 aliphatic carbocycles. The van der Waals surface area contributed by atoms with Crippen LogP contribution >= 0.6 is 11.6 Å². The molecule has 0 amide bonds. The van der Waals surface area contributed by atoms with E-state index in [9.17, 15) is 19.2 Å². The van der Waals surface area contributed by atoms with Gasteiger partial charge in [-0.2, -0.15) is 0 Å². The summed E-state index contributed by atoms with van der Waals surface area (Å²) in [5.74, 6) is 2.60. The molecule has 4 atom stereocenters. The van der Waals surface area contributed by atoms with Crippen molar-refractivity contribution in [3.05, 3.63) is 324 Å². The van der Waals surface area contributed by atoms with E-state index < -0.39 is 0 Å². The lowest BCUT2D eigenvalue weighted by Gasteiger charge is -2.32. The van der Waals surface area contributed by atoms with Crippen LogP contribution in [0.1, 0.15) is 142 Å². The number of halogens is 1. The van der Waals surface area contributed by atoms with Crippen LogP contribution in [0.25, 0.3) is 105 Å². The smallest absolute Gasteiger partial charge is 0.264 e. The summed E-state index contributed by atoms with van der Waals surface area (Å²) in [4.78, 5) is 118. The first-order chi connectivity index (χ1) is 58.8. The van der Waals surface area contributed by atoms with Crippen molar-refractivity contribution >= 4 is 123 Å². The number of aromatic nitrogens is 20. The number of para-hydroxylation sites is 1. The average Bonchev–Trinajstić information content (AvgIpc) is 1.37. The molecule has 1 aliphatic rings. The number of aromatic amines is 4. The molecule has 20 rings (SSSR count). The largest absolute Gasteiger partial charge is 0.360 e. The van der Waals surface area contributed by atoms with Crippen molar-refractivity contribution < 1.29 is 0 Å². The molecule has 612 valence electrons. The third-order valence-electron chi connectivity index (χ3n) is 22.3. The second-order valence-electron chi connectivity index (χ2n) is 30.3. The molecule has 29 heteroatoms.